The fourth-order valence-electron chi connectivity index (χ4n) is 4.94. The average molecular weight is 590 g/mol. The van der Waals surface area contributed by atoms with Gasteiger partial charge in [-0.3, -0.25) is 19.9 Å². The van der Waals surface area contributed by atoms with E-state index in [1.807, 2.05) is 57.1 Å². The van der Waals surface area contributed by atoms with E-state index in [2.05, 4.69) is 15.6 Å². The highest BCUT2D eigenvalue weighted by Crippen LogP contribution is 2.28. The van der Waals surface area contributed by atoms with E-state index >= 15 is 0 Å². The molecule has 1 saturated heterocycles. The summed E-state index contributed by atoms with van der Waals surface area (Å²) in [5, 5.41) is 21.7. The SMILES string of the molecule is CC.CCCOc1ccc(S(=O)N2CCC(CCO)CC2)cc1C(=NC)Nn1c(C=O)c(C)c(/C=N/O)c1CCC. The summed E-state index contributed by atoms with van der Waals surface area (Å²) in [4.78, 5) is 17.3. The Morgan fingerprint density at radius 3 is 2.49 bits per heavy atom. The Morgan fingerprint density at radius 2 is 1.93 bits per heavy atom. The summed E-state index contributed by atoms with van der Waals surface area (Å²) < 4.78 is 23.3. The zero-order chi connectivity index (χ0) is 30.4. The predicted octanol–water partition coefficient (Wildman–Crippen LogP) is 4.92. The van der Waals surface area contributed by atoms with E-state index < -0.39 is 11.0 Å². The number of aliphatic imine (C=N–C) groups is 1. The molecule has 2 heterocycles. The second kappa shape index (κ2) is 17.7. The molecule has 0 saturated carbocycles. The lowest BCUT2D eigenvalue weighted by molar-refractivity contribution is 0.111. The molecule has 10 nitrogen and oxygen atoms in total. The van der Waals surface area contributed by atoms with Crippen LogP contribution in [0.5, 0.6) is 5.75 Å². The normalized spacial score (nSPS) is 15.4. The first-order valence-corrected chi connectivity index (χ1v) is 15.7. The maximum absolute atomic E-state index is 13.6. The van der Waals surface area contributed by atoms with E-state index in [4.69, 9.17) is 4.74 Å². The summed E-state index contributed by atoms with van der Waals surface area (Å²) in [5.74, 6) is 1.50. The molecule has 0 amide bonds. The van der Waals surface area contributed by atoms with Gasteiger partial charge in [0.25, 0.3) is 0 Å². The smallest absolute Gasteiger partial charge is 0.168 e. The number of hydrogen-bond acceptors (Lipinski definition) is 7. The van der Waals surface area contributed by atoms with E-state index in [9.17, 15) is 19.3 Å². The molecule has 1 aromatic carbocycles. The number of carbonyl (C=O) groups is 1. The van der Waals surface area contributed by atoms with Crippen molar-refractivity contribution < 1.29 is 24.1 Å². The predicted molar refractivity (Wildman–Crippen MR) is 166 cm³/mol. The first-order chi connectivity index (χ1) is 19.9. The number of rotatable bonds is 13. The van der Waals surface area contributed by atoms with Crippen LogP contribution in [0, 0.1) is 12.8 Å². The standard InChI is InChI=1S/C28H41N5O5S.C2H6/c1-5-7-25-24(18-30-36)20(3)26(19-35)33(25)31-28(29-4)23-17-22(8-9-27(23)38-16-6-2)39(37)32-13-10-21(11-14-32)12-15-34;1-2/h8-9,17-19,21,34,36H,5-7,10-16H2,1-4H3,(H,29,31);1-2H3/b30-18+;. The van der Waals surface area contributed by atoms with E-state index in [0.29, 0.717) is 70.9 Å². The molecule has 1 aliphatic heterocycles. The highest BCUT2D eigenvalue weighted by molar-refractivity contribution is 7.82. The van der Waals surface area contributed by atoms with Crippen molar-refractivity contribution >= 4 is 29.3 Å². The van der Waals surface area contributed by atoms with Crippen LogP contribution in [-0.4, -0.2) is 75.2 Å². The van der Waals surface area contributed by atoms with Crippen molar-refractivity contribution in [3.8, 4) is 5.75 Å². The third-order valence-corrected chi connectivity index (χ3v) is 8.54. The number of piperidine rings is 1. The Morgan fingerprint density at radius 1 is 1.22 bits per heavy atom. The van der Waals surface area contributed by atoms with E-state index in [0.717, 1.165) is 44.1 Å². The largest absolute Gasteiger partial charge is 0.493 e. The number of aromatic nitrogens is 1. The number of amidine groups is 1. The van der Waals surface area contributed by atoms with Gasteiger partial charge >= 0.3 is 0 Å². The molecule has 1 unspecified atom stereocenters. The van der Waals surface area contributed by atoms with Crippen LogP contribution in [0.4, 0.5) is 0 Å². The number of oxime groups is 1. The molecule has 11 heteroatoms. The molecule has 0 aliphatic carbocycles. The maximum atomic E-state index is 13.6. The van der Waals surface area contributed by atoms with Gasteiger partial charge in [0.2, 0.25) is 0 Å². The second-order valence-electron chi connectivity index (χ2n) is 9.64. The van der Waals surface area contributed by atoms with Crippen molar-refractivity contribution in [2.24, 2.45) is 16.1 Å². The first-order valence-electron chi connectivity index (χ1n) is 14.6. The molecule has 1 aliphatic rings. The second-order valence-corrected chi connectivity index (χ2v) is 11.1. The van der Waals surface area contributed by atoms with Gasteiger partial charge in [-0.05, 0) is 68.7 Å². The number of aliphatic hydroxyl groups is 1. The Bertz CT molecular complexity index is 1200. The molecule has 1 aromatic heterocycles. The van der Waals surface area contributed by atoms with Crippen LogP contribution in [0.25, 0.3) is 0 Å². The summed E-state index contributed by atoms with van der Waals surface area (Å²) in [6.07, 6.45) is 6.96. The van der Waals surface area contributed by atoms with Gasteiger partial charge in [0.1, 0.15) is 22.4 Å². The number of nitrogens with zero attached hydrogens (tertiary/aromatic N) is 4. The van der Waals surface area contributed by atoms with Crippen LogP contribution in [-0.2, 0) is 17.4 Å². The van der Waals surface area contributed by atoms with Crippen LogP contribution >= 0.6 is 0 Å². The number of benzene rings is 1. The first kappa shape index (κ1) is 34.2. The molecule has 41 heavy (non-hydrogen) atoms. The van der Waals surface area contributed by atoms with Crippen molar-refractivity contribution in [2.45, 2.75) is 78.0 Å². The third-order valence-electron chi connectivity index (χ3n) is 7.05. The maximum Gasteiger partial charge on any atom is 0.168 e. The molecule has 1 fully saturated rings. The van der Waals surface area contributed by atoms with Gasteiger partial charge in [-0.2, -0.15) is 0 Å². The van der Waals surface area contributed by atoms with Crippen molar-refractivity contribution in [2.75, 3.05) is 38.8 Å². The Balaban J connectivity index is 0.00000287. The molecule has 0 radical (unpaired) electrons. The van der Waals surface area contributed by atoms with Crippen molar-refractivity contribution in [1.29, 1.82) is 0 Å². The van der Waals surface area contributed by atoms with Crippen LogP contribution in [0.1, 0.15) is 92.7 Å². The van der Waals surface area contributed by atoms with E-state index in [-0.39, 0.29) is 6.61 Å². The number of ether oxygens (including phenoxy) is 1. The zero-order valence-corrected chi connectivity index (χ0v) is 26.2. The third kappa shape index (κ3) is 8.50. The monoisotopic (exact) mass is 589 g/mol. The number of aliphatic hydroxyl groups excluding tert-OH is 1. The van der Waals surface area contributed by atoms with Crippen LogP contribution in [0.3, 0.4) is 0 Å². The van der Waals surface area contributed by atoms with E-state index in [1.54, 1.807) is 11.7 Å². The molecule has 3 rings (SSSR count). The van der Waals surface area contributed by atoms with Gasteiger partial charge < -0.3 is 15.1 Å². The summed E-state index contributed by atoms with van der Waals surface area (Å²) in [5.41, 5.74) is 6.48. The minimum absolute atomic E-state index is 0.184. The lowest BCUT2D eigenvalue weighted by Crippen LogP contribution is -2.35. The van der Waals surface area contributed by atoms with Gasteiger partial charge in [-0.15, -0.1) is 0 Å². The molecule has 3 N–H and O–H groups in total. The van der Waals surface area contributed by atoms with Crippen LogP contribution in [0.2, 0.25) is 0 Å². The molecular formula is C30H47N5O5S. The minimum Gasteiger partial charge on any atom is -0.493 e. The summed E-state index contributed by atoms with van der Waals surface area (Å²) >= 11 is 0. The molecule has 0 bridgehead atoms. The van der Waals surface area contributed by atoms with Crippen molar-refractivity contribution in [3.05, 3.63) is 46.3 Å². The number of aldehydes is 1. The fraction of sp³-hybridized carbons (Fsp3) is 0.567. The van der Waals surface area contributed by atoms with Crippen molar-refractivity contribution in [1.82, 2.24) is 8.98 Å². The van der Waals surface area contributed by atoms with Crippen LogP contribution in [0.15, 0.2) is 33.2 Å². The molecule has 0 spiro atoms. The Hall–Kier alpha value is -3.02. The summed E-state index contributed by atoms with van der Waals surface area (Å²) in [7, 11) is 0.278. The van der Waals surface area contributed by atoms with Crippen LogP contribution < -0.4 is 10.2 Å². The molecule has 228 valence electrons. The highest BCUT2D eigenvalue weighted by atomic mass is 32.2. The lowest BCUT2D eigenvalue weighted by atomic mass is 9.95. The van der Waals surface area contributed by atoms with Gasteiger partial charge in [0.15, 0.2) is 12.1 Å². The minimum atomic E-state index is -1.37. The highest BCUT2D eigenvalue weighted by Gasteiger charge is 2.25. The quantitative estimate of drug-likeness (QED) is 0.100. The molecule has 1 atom stereocenters. The lowest BCUT2D eigenvalue weighted by Gasteiger charge is -2.30. The van der Waals surface area contributed by atoms with E-state index in [1.165, 1.54) is 6.21 Å². The fourth-order valence-corrected chi connectivity index (χ4v) is 6.19. The molecule has 2 aromatic rings. The summed E-state index contributed by atoms with van der Waals surface area (Å²) in [6.45, 7) is 12.0. The Kier molecular flexibility index (Phi) is 14.8. The van der Waals surface area contributed by atoms with Gasteiger partial charge in [0.05, 0.1) is 23.3 Å². The van der Waals surface area contributed by atoms with Crippen molar-refractivity contribution in [3.63, 3.8) is 0 Å². The van der Waals surface area contributed by atoms with Gasteiger partial charge in [0, 0.05) is 38.0 Å². The van der Waals surface area contributed by atoms with Gasteiger partial charge in [-0.1, -0.05) is 39.3 Å². The number of hydrogen-bond donors (Lipinski definition) is 3. The molecular weight excluding hydrogens is 542 g/mol. The Labute approximate surface area is 247 Å². The topological polar surface area (TPSA) is 129 Å². The summed E-state index contributed by atoms with van der Waals surface area (Å²) in [6, 6.07) is 5.48. The van der Waals surface area contributed by atoms with Gasteiger partial charge in [-0.25, -0.2) is 8.51 Å². The number of carbonyl (C=O) groups excluding carboxylic acids is 1. The average Bonchev–Trinajstić information content (AvgIpc) is 3.25. The number of nitrogens with one attached hydrogen (secondary N) is 1. The zero-order valence-electron chi connectivity index (χ0n) is 25.4.